The van der Waals surface area contributed by atoms with Gasteiger partial charge in [-0.15, -0.1) is 24.0 Å². The third-order valence-corrected chi connectivity index (χ3v) is 3.94. The summed E-state index contributed by atoms with van der Waals surface area (Å²) >= 11 is 0. The van der Waals surface area contributed by atoms with E-state index >= 15 is 0 Å². The number of nitrogens with one attached hydrogen (secondary N) is 1. The molecule has 142 valence electrons. The Morgan fingerprint density at radius 1 is 1.19 bits per heavy atom. The average molecular weight is 469 g/mol. The minimum absolute atomic E-state index is 0. The number of guanidine groups is 1. The first-order valence-corrected chi connectivity index (χ1v) is 8.45. The van der Waals surface area contributed by atoms with Crippen molar-refractivity contribution in [1.82, 2.24) is 10.2 Å². The molecule has 5 nitrogen and oxygen atoms in total. The van der Waals surface area contributed by atoms with Gasteiger partial charge in [0.1, 0.15) is 0 Å². The van der Waals surface area contributed by atoms with Gasteiger partial charge in [-0.2, -0.15) is 0 Å². The van der Waals surface area contributed by atoms with Crippen LogP contribution in [0.2, 0.25) is 0 Å². The summed E-state index contributed by atoms with van der Waals surface area (Å²) in [5.41, 5.74) is 3.21. The molecule has 0 aliphatic heterocycles. The van der Waals surface area contributed by atoms with Crippen molar-refractivity contribution in [2.24, 2.45) is 4.99 Å². The van der Waals surface area contributed by atoms with Crippen LogP contribution in [0.25, 0.3) is 0 Å². The lowest BCUT2D eigenvalue weighted by molar-refractivity contribution is 0.370. The molecule has 0 atom stereocenters. The molecule has 0 aliphatic carbocycles. The third-order valence-electron chi connectivity index (χ3n) is 3.94. The Labute approximate surface area is 173 Å². The minimum Gasteiger partial charge on any atom is -0.504 e. The molecule has 26 heavy (non-hydrogen) atoms. The Bertz CT molecular complexity index is 717. The number of para-hydroxylation sites is 1. The molecule has 0 amide bonds. The van der Waals surface area contributed by atoms with E-state index in [1.54, 1.807) is 13.2 Å². The molecular formula is C20H28IN3O2. The summed E-state index contributed by atoms with van der Waals surface area (Å²) in [5, 5.41) is 13.5. The average Bonchev–Trinajstić information content (AvgIpc) is 2.61. The predicted molar refractivity (Wildman–Crippen MR) is 118 cm³/mol. The van der Waals surface area contributed by atoms with Crippen molar-refractivity contribution in [2.75, 3.05) is 20.7 Å². The fraction of sp³-hybridized carbons (Fsp3) is 0.350. The van der Waals surface area contributed by atoms with E-state index in [1.165, 1.54) is 11.1 Å². The molecule has 2 aromatic rings. The molecule has 0 saturated carbocycles. The number of benzene rings is 2. The zero-order valence-electron chi connectivity index (χ0n) is 15.8. The smallest absolute Gasteiger partial charge is 0.194 e. The van der Waals surface area contributed by atoms with Gasteiger partial charge in [-0.25, -0.2) is 4.99 Å². The summed E-state index contributed by atoms with van der Waals surface area (Å²) in [6.07, 6.45) is 0. The predicted octanol–water partition coefficient (Wildman–Crippen LogP) is 3.92. The van der Waals surface area contributed by atoms with Crippen molar-refractivity contribution in [3.8, 4) is 11.5 Å². The van der Waals surface area contributed by atoms with Crippen LogP contribution in [0.4, 0.5) is 0 Å². The quantitative estimate of drug-likeness (QED) is 0.383. The molecule has 0 unspecified atom stereocenters. The molecule has 0 fully saturated rings. The first-order chi connectivity index (χ1) is 12.0. The molecular weight excluding hydrogens is 441 g/mol. The summed E-state index contributed by atoms with van der Waals surface area (Å²) in [7, 11) is 3.55. The van der Waals surface area contributed by atoms with Gasteiger partial charge in [-0.05, 0) is 25.5 Å². The number of methoxy groups -OCH3 is 1. The van der Waals surface area contributed by atoms with E-state index in [9.17, 15) is 5.11 Å². The summed E-state index contributed by atoms with van der Waals surface area (Å²) in [4.78, 5) is 6.72. The Kier molecular flexibility index (Phi) is 9.26. The number of nitrogens with zero attached hydrogens (tertiary/aromatic N) is 2. The number of aromatic hydroxyl groups is 1. The lowest BCUT2D eigenvalue weighted by atomic mass is 10.1. The van der Waals surface area contributed by atoms with Crippen LogP contribution >= 0.6 is 24.0 Å². The standard InChI is InChI=1S/C20H27N3O2.HI/c1-5-21-20(23(3)14-16-11-9-15(2)10-12-16)22-13-17-7-6-8-18(25-4)19(17)24;/h6-12,24H,5,13-14H2,1-4H3,(H,21,22);1H. The number of ether oxygens (including phenoxy) is 1. The van der Waals surface area contributed by atoms with Gasteiger partial charge in [0.25, 0.3) is 0 Å². The summed E-state index contributed by atoms with van der Waals surface area (Å²) < 4.78 is 5.15. The van der Waals surface area contributed by atoms with E-state index in [-0.39, 0.29) is 29.7 Å². The van der Waals surface area contributed by atoms with Gasteiger partial charge in [-0.1, -0.05) is 42.0 Å². The van der Waals surface area contributed by atoms with Crippen LogP contribution in [0.15, 0.2) is 47.5 Å². The number of aliphatic imine (C=N–C) groups is 1. The normalized spacial score (nSPS) is 10.8. The second kappa shape index (κ2) is 10.9. The Morgan fingerprint density at radius 2 is 1.88 bits per heavy atom. The van der Waals surface area contributed by atoms with Gasteiger partial charge >= 0.3 is 0 Å². The largest absolute Gasteiger partial charge is 0.504 e. The monoisotopic (exact) mass is 469 g/mol. The first-order valence-electron chi connectivity index (χ1n) is 8.45. The second-order valence-corrected chi connectivity index (χ2v) is 5.98. The van der Waals surface area contributed by atoms with Crippen LogP contribution in [0, 0.1) is 6.92 Å². The number of halogens is 1. The van der Waals surface area contributed by atoms with Crippen molar-refractivity contribution in [2.45, 2.75) is 26.9 Å². The second-order valence-electron chi connectivity index (χ2n) is 5.98. The maximum absolute atomic E-state index is 10.2. The van der Waals surface area contributed by atoms with Crippen LogP contribution in [0.1, 0.15) is 23.6 Å². The first kappa shape index (κ1) is 22.1. The van der Waals surface area contributed by atoms with Crippen molar-refractivity contribution in [3.05, 3.63) is 59.2 Å². The fourth-order valence-corrected chi connectivity index (χ4v) is 2.53. The highest BCUT2D eigenvalue weighted by molar-refractivity contribution is 14.0. The number of rotatable bonds is 6. The van der Waals surface area contributed by atoms with E-state index in [1.807, 2.05) is 26.1 Å². The Hall–Kier alpha value is -1.96. The molecule has 0 heterocycles. The zero-order chi connectivity index (χ0) is 18.2. The summed E-state index contributed by atoms with van der Waals surface area (Å²) in [5.74, 6) is 1.40. The molecule has 6 heteroatoms. The topological polar surface area (TPSA) is 57.1 Å². The van der Waals surface area contributed by atoms with Crippen molar-refractivity contribution in [3.63, 3.8) is 0 Å². The highest BCUT2D eigenvalue weighted by atomic mass is 127. The molecule has 0 radical (unpaired) electrons. The lowest BCUT2D eigenvalue weighted by Gasteiger charge is -2.22. The van der Waals surface area contributed by atoms with E-state index in [2.05, 4.69) is 46.4 Å². The van der Waals surface area contributed by atoms with Gasteiger partial charge in [0.05, 0.1) is 13.7 Å². The number of phenolic OH excluding ortho intramolecular Hbond substituents is 1. The molecule has 0 saturated heterocycles. The highest BCUT2D eigenvalue weighted by Gasteiger charge is 2.09. The third kappa shape index (κ3) is 6.09. The number of aryl methyl sites for hydroxylation is 1. The van der Waals surface area contributed by atoms with Gasteiger partial charge in [0, 0.05) is 25.7 Å². The molecule has 0 aromatic heterocycles. The SMILES string of the molecule is CCNC(=NCc1cccc(OC)c1O)N(C)Cc1ccc(C)cc1.I. The summed E-state index contributed by atoms with van der Waals surface area (Å²) in [6, 6.07) is 13.9. The minimum atomic E-state index is 0. The van der Waals surface area contributed by atoms with Crippen LogP contribution in [-0.4, -0.2) is 36.7 Å². The van der Waals surface area contributed by atoms with Crippen molar-refractivity contribution < 1.29 is 9.84 Å². The Balaban J connectivity index is 0.00000338. The molecule has 0 aliphatic rings. The molecule has 2 rings (SSSR count). The molecule has 2 aromatic carbocycles. The van der Waals surface area contributed by atoms with E-state index < -0.39 is 0 Å². The van der Waals surface area contributed by atoms with Gasteiger partial charge in [-0.3, -0.25) is 0 Å². The lowest BCUT2D eigenvalue weighted by Crippen LogP contribution is -2.38. The van der Waals surface area contributed by atoms with Crippen LogP contribution < -0.4 is 10.1 Å². The zero-order valence-corrected chi connectivity index (χ0v) is 18.2. The van der Waals surface area contributed by atoms with Crippen LogP contribution in [0.5, 0.6) is 11.5 Å². The Morgan fingerprint density at radius 3 is 2.50 bits per heavy atom. The van der Waals surface area contributed by atoms with E-state index in [4.69, 9.17) is 4.74 Å². The molecule has 2 N–H and O–H groups in total. The fourth-order valence-electron chi connectivity index (χ4n) is 2.53. The number of phenols is 1. The summed E-state index contributed by atoms with van der Waals surface area (Å²) in [6.45, 7) is 6.04. The van der Waals surface area contributed by atoms with E-state index in [0.29, 0.717) is 12.3 Å². The maximum Gasteiger partial charge on any atom is 0.194 e. The van der Waals surface area contributed by atoms with Gasteiger partial charge < -0.3 is 20.1 Å². The number of hydrogen-bond acceptors (Lipinski definition) is 3. The van der Waals surface area contributed by atoms with E-state index in [0.717, 1.165) is 24.6 Å². The van der Waals surface area contributed by atoms with Gasteiger partial charge in [0.2, 0.25) is 0 Å². The van der Waals surface area contributed by atoms with Crippen molar-refractivity contribution in [1.29, 1.82) is 0 Å². The maximum atomic E-state index is 10.2. The molecule has 0 spiro atoms. The highest BCUT2D eigenvalue weighted by Crippen LogP contribution is 2.29. The van der Waals surface area contributed by atoms with Crippen molar-refractivity contribution >= 4 is 29.9 Å². The number of hydrogen-bond donors (Lipinski definition) is 2. The molecule has 0 bridgehead atoms. The van der Waals surface area contributed by atoms with Crippen LogP contribution in [0.3, 0.4) is 0 Å². The van der Waals surface area contributed by atoms with Gasteiger partial charge in [0.15, 0.2) is 17.5 Å². The van der Waals surface area contributed by atoms with Crippen LogP contribution in [-0.2, 0) is 13.1 Å².